The van der Waals surface area contributed by atoms with Crippen LogP contribution in [0.25, 0.3) is 0 Å². The van der Waals surface area contributed by atoms with E-state index in [1.807, 2.05) is 6.26 Å². The molecular weight excluding hydrogens is 422 g/mol. The van der Waals surface area contributed by atoms with Crippen molar-refractivity contribution in [3.8, 4) is 0 Å². The van der Waals surface area contributed by atoms with Crippen LogP contribution in [-0.2, 0) is 4.79 Å². The maximum Gasteiger partial charge on any atom is 0.253 e. The number of aromatic nitrogens is 2. The Morgan fingerprint density at radius 3 is 2.77 bits per heavy atom. The summed E-state index contributed by atoms with van der Waals surface area (Å²) in [7, 11) is 0. The van der Waals surface area contributed by atoms with E-state index in [0.717, 1.165) is 25.1 Å². The number of carbonyl (C=O) groups excluding carboxylic acids is 2. The molecular formula is C21H26ClN5O2S. The minimum absolute atomic E-state index is 0.0240. The smallest absolute Gasteiger partial charge is 0.253 e. The topological polar surface area (TPSA) is 87.2 Å². The van der Waals surface area contributed by atoms with Gasteiger partial charge in [0.25, 0.3) is 5.91 Å². The lowest BCUT2D eigenvalue weighted by Gasteiger charge is -2.34. The van der Waals surface area contributed by atoms with Crippen molar-refractivity contribution in [2.24, 2.45) is 0 Å². The monoisotopic (exact) mass is 447 g/mol. The van der Waals surface area contributed by atoms with E-state index in [2.05, 4.69) is 25.5 Å². The molecule has 2 atom stereocenters. The summed E-state index contributed by atoms with van der Waals surface area (Å²) >= 11 is 7.77. The van der Waals surface area contributed by atoms with E-state index in [0.29, 0.717) is 29.5 Å². The third kappa shape index (κ3) is 6.09. The number of nitrogens with one attached hydrogen (secondary N) is 2. The molecule has 1 saturated heterocycles. The first-order valence-corrected chi connectivity index (χ1v) is 11.7. The van der Waals surface area contributed by atoms with Crippen molar-refractivity contribution in [1.82, 2.24) is 20.6 Å². The van der Waals surface area contributed by atoms with Crippen molar-refractivity contribution < 1.29 is 9.59 Å². The SMILES string of the molecule is CSCCC(NC(=O)c1ccccc1Cl)C(=O)NC1CCCN(c2ncccn2)C1. The Kier molecular flexibility index (Phi) is 8.33. The fourth-order valence-corrected chi connectivity index (χ4v) is 4.11. The molecule has 7 nitrogen and oxygen atoms in total. The molecule has 3 rings (SSSR count). The number of rotatable bonds is 8. The molecule has 1 aromatic heterocycles. The van der Waals surface area contributed by atoms with Gasteiger partial charge >= 0.3 is 0 Å². The summed E-state index contributed by atoms with van der Waals surface area (Å²) in [4.78, 5) is 36.3. The Balaban J connectivity index is 1.63. The van der Waals surface area contributed by atoms with E-state index >= 15 is 0 Å². The van der Waals surface area contributed by atoms with Crippen LogP contribution in [0.15, 0.2) is 42.7 Å². The van der Waals surface area contributed by atoms with E-state index in [1.54, 1.807) is 54.5 Å². The van der Waals surface area contributed by atoms with E-state index in [9.17, 15) is 9.59 Å². The zero-order valence-corrected chi connectivity index (χ0v) is 18.5. The maximum absolute atomic E-state index is 13.0. The van der Waals surface area contributed by atoms with Gasteiger partial charge in [-0.3, -0.25) is 9.59 Å². The Morgan fingerprint density at radius 2 is 2.03 bits per heavy atom. The number of nitrogens with zero attached hydrogens (tertiary/aromatic N) is 3. The van der Waals surface area contributed by atoms with Gasteiger partial charge in [-0.25, -0.2) is 9.97 Å². The van der Waals surface area contributed by atoms with Crippen molar-refractivity contribution in [2.45, 2.75) is 31.3 Å². The van der Waals surface area contributed by atoms with Crippen molar-refractivity contribution in [2.75, 3.05) is 30.0 Å². The standard InChI is InChI=1S/C21H26ClN5O2S/c1-30-13-9-18(26-19(28)16-7-2-3-8-17(16)22)20(29)25-15-6-4-12-27(14-15)21-23-10-5-11-24-21/h2-3,5,7-8,10-11,15,18H,4,6,9,12-14H2,1H3,(H,25,29)(H,26,28). The van der Waals surface area contributed by atoms with Gasteiger partial charge in [-0.05, 0) is 49.5 Å². The highest BCUT2D eigenvalue weighted by Gasteiger charge is 2.27. The van der Waals surface area contributed by atoms with E-state index in [1.165, 1.54) is 0 Å². The predicted molar refractivity (Wildman–Crippen MR) is 121 cm³/mol. The quantitative estimate of drug-likeness (QED) is 0.647. The average molecular weight is 448 g/mol. The van der Waals surface area contributed by atoms with Crippen LogP contribution < -0.4 is 15.5 Å². The number of benzene rings is 1. The third-order valence-corrected chi connectivity index (χ3v) is 5.93. The lowest BCUT2D eigenvalue weighted by Crippen LogP contribution is -2.54. The second-order valence-electron chi connectivity index (χ2n) is 7.13. The third-order valence-electron chi connectivity index (χ3n) is 4.95. The first-order chi connectivity index (χ1) is 14.6. The summed E-state index contributed by atoms with van der Waals surface area (Å²) in [6.45, 7) is 1.50. The van der Waals surface area contributed by atoms with Crippen LogP contribution in [0.5, 0.6) is 0 Å². The van der Waals surface area contributed by atoms with Crippen LogP contribution in [0.1, 0.15) is 29.6 Å². The molecule has 2 unspecified atom stereocenters. The highest BCUT2D eigenvalue weighted by molar-refractivity contribution is 7.98. The van der Waals surface area contributed by atoms with E-state index in [4.69, 9.17) is 11.6 Å². The van der Waals surface area contributed by atoms with Crippen LogP contribution in [-0.4, -0.2) is 59.0 Å². The number of hydrogen-bond acceptors (Lipinski definition) is 6. The second kappa shape index (κ2) is 11.2. The van der Waals surface area contributed by atoms with Crippen LogP contribution >= 0.6 is 23.4 Å². The van der Waals surface area contributed by atoms with Crippen LogP contribution in [0.3, 0.4) is 0 Å². The van der Waals surface area contributed by atoms with E-state index < -0.39 is 6.04 Å². The highest BCUT2D eigenvalue weighted by Crippen LogP contribution is 2.17. The normalized spacial score (nSPS) is 17.3. The molecule has 2 N–H and O–H groups in total. The number of piperidine rings is 1. The van der Waals surface area contributed by atoms with Gasteiger partial charge in [0.1, 0.15) is 6.04 Å². The fourth-order valence-electron chi connectivity index (χ4n) is 3.42. The number of carbonyl (C=O) groups is 2. The molecule has 2 heterocycles. The number of hydrogen-bond donors (Lipinski definition) is 2. The van der Waals surface area contributed by atoms with Gasteiger partial charge in [0.05, 0.1) is 10.6 Å². The molecule has 1 fully saturated rings. The Bertz CT molecular complexity index is 854. The van der Waals surface area contributed by atoms with Crippen molar-refractivity contribution in [3.05, 3.63) is 53.3 Å². The fraction of sp³-hybridized carbons (Fsp3) is 0.429. The Labute approximate surface area is 186 Å². The number of amides is 2. The van der Waals surface area contributed by atoms with Crippen LogP contribution in [0.4, 0.5) is 5.95 Å². The summed E-state index contributed by atoms with van der Waals surface area (Å²) < 4.78 is 0. The summed E-state index contributed by atoms with van der Waals surface area (Å²) in [6, 6.07) is 7.97. The number of thioether (sulfide) groups is 1. The first kappa shape index (κ1) is 22.4. The molecule has 0 bridgehead atoms. The predicted octanol–water partition coefficient (Wildman–Crippen LogP) is 2.77. The molecule has 0 radical (unpaired) electrons. The van der Waals surface area contributed by atoms with Gasteiger partial charge in [0.2, 0.25) is 11.9 Å². The molecule has 0 saturated carbocycles. The summed E-state index contributed by atoms with van der Waals surface area (Å²) in [5.74, 6) is 0.910. The highest BCUT2D eigenvalue weighted by atomic mass is 35.5. The van der Waals surface area contributed by atoms with Crippen LogP contribution in [0, 0.1) is 0 Å². The summed E-state index contributed by atoms with van der Waals surface area (Å²) in [5, 5.41) is 6.33. The van der Waals surface area contributed by atoms with Crippen LogP contribution in [0.2, 0.25) is 5.02 Å². The summed E-state index contributed by atoms with van der Waals surface area (Å²) in [6.07, 6.45) is 7.76. The molecule has 1 aromatic carbocycles. The second-order valence-corrected chi connectivity index (χ2v) is 8.52. The lowest BCUT2D eigenvalue weighted by molar-refractivity contribution is -0.123. The lowest BCUT2D eigenvalue weighted by atomic mass is 10.0. The Hall–Kier alpha value is -2.32. The van der Waals surface area contributed by atoms with Crippen molar-refractivity contribution in [3.63, 3.8) is 0 Å². The van der Waals surface area contributed by atoms with Gasteiger partial charge < -0.3 is 15.5 Å². The summed E-state index contributed by atoms with van der Waals surface area (Å²) in [5.41, 5.74) is 0.367. The largest absolute Gasteiger partial charge is 0.350 e. The van der Waals surface area contributed by atoms with Crippen molar-refractivity contribution in [1.29, 1.82) is 0 Å². The molecule has 2 amide bonds. The minimum Gasteiger partial charge on any atom is -0.350 e. The van der Waals surface area contributed by atoms with E-state index in [-0.39, 0.29) is 17.9 Å². The molecule has 2 aromatic rings. The molecule has 1 aliphatic rings. The zero-order chi connectivity index (χ0) is 21.3. The zero-order valence-electron chi connectivity index (χ0n) is 16.9. The molecule has 9 heteroatoms. The number of anilines is 1. The molecule has 30 heavy (non-hydrogen) atoms. The van der Waals surface area contributed by atoms with Gasteiger partial charge in [-0.1, -0.05) is 23.7 Å². The maximum atomic E-state index is 13.0. The van der Waals surface area contributed by atoms with Crippen molar-refractivity contribution >= 4 is 41.1 Å². The molecule has 160 valence electrons. The van der Waals surface area contributed by atoms with Gasteiger partial charge in [0, 0.05) is 31.5 Å². The first-order valence-electron chi connectivity index (χ1n) is 9.95. The molecule has 0 aliphatic carbocycles. The van der Waals surface area contributed by atoms with Gasteiger partial charge in [-0.15, -0.1) is 0 Å². The molecule has 0 spiro atoms. The van der Waals surface area contributed by atoms with Gasteiger partial charge in [0.15, 0.2) is 0 Å². The minimum atomic E-state index is -0.621. The average Bonchev–Trinajstić information content (AvgIpc) is 2.77. The Morgan fingerprint density at radius 1 is 1.27 bits per heavy atom. The number of halogens is 1. The van der Waals surface area contributed by atoms with Gasteiger partial charge in [-0.2, -0.15) is 11.8 Å². The molecule has 1 aliphatic heterocycles.